The third kappa shape index (κ3) is 2.34. The third-order valence-corrected chi connectivity index (χ3v) is 4.08. The second kappa shape index (κ2) is 4.71. The van der Waals surface area contributed by atoms with Gasteiger partial charge < -0.3 is 9.31 Å². The molecule has 0 amide bonds. The fraction of sp³-hybridized carbons (Fsp3) is 0.600. The first-order valence-electron chi connectivity index (χ1n) is 6.81. The SMILES string of the molecule is CCCc1ccccc1B1OC(C)(C)C(C)(C)O1. The molecule has 18 heavy (non-hydrogen) atoms. The Kier molecular flexibility index (Phi) is 3.57. The van der Waals surface area contributed by atoms with Crippen LogP contribution < -0.4 is 5.46 Å². The van der Waals surface area contributed by atoms with Crippen molar-refractivity contribution in [2.45, 2.75) is 58.7 Å². The molecule has 0 aromatic heterocycles. The Morgan fingerprint density at radius 1 is 1.00 bits per heavy atom. The van der Waals surface area contributed by atoms with Crippen molar-refractivity contribution < 1.29 is 9.31 Å². The van der Waals surface area contributed by atoms with E-state index in [0.717, 1.165) is 12.8 Å². The quantitative estimate of drug-likeness (QED) is 0.763. The van der Waals surface area contributed by atoms with Gasteiger partial charge in [0.1, 0.15) is 0 Å². The highest BCUT2D eigenvalue weighted by Crippen LogP contribution is 2.36. The van der Waals surface area contributed by atoms with E-state index in [9.17, 15) is 0 Å². The van der Waals surface area contributed by atoms with Gasteiger partial charge in [-0.2, -0.15) is 0 Å². The van der Waals surface area contributed by atoms with Crippen LogP contribution in [0.25, 0.3) is 0 Å². The lowest BCUT2D eigenvalue weighted by Crippen LogP contribution is -2.41. The van der Waals surface area contributed by atoms with Crippen LogP contribution in [0.1, 0.15) is 46.6 Å². The van der Waals surface area contributed by atoms with Crippen molar-refractivity contribution in [2.75, 3.05) is 0 Å². The van der Waals surface area contributed by atoms with Gasteiger partial charge in [0, 0.05) is 0 Å². The van der Waals surface area contributed by atoms with Crippen LogP contribution in [0, 0.1) is 0 Å². The molecule has 0 saturated carbocycles. The van der Waals surface area contributed by atoms with E-state index in [0.29, 0.717) is 0 Å². The van der Waals surface area contributed by atoms with Gasteiger partial charge in [-0.1, -0.05) is 37.6 Å². The van der Waals surface area contributed by atoms with Gasteiger partial charge in [-0.25, -0.2) is 0 Å². The van der Waals surface area contributed by atoms with Crippen LogP contribution in [0.15, 0.2) is 24.3 Å². The normalized spacial score (nSPS) is 21.3. The highest BCUT2D eigenvalue weighted by Gasteiger charge is 2.52. The minimum Gasteiger partial charge on any atom is -0.399 e. The molecule has 3 heteroatoms. The Bertz CT molecular complexity index is 410. The van der Waals surface area contributed by atoms with Gasteiger partial charge >= 0.3 is 7.12 Å². The molecule has 1 aliphatic rings. The van der Waals surface area contributed by atoms with Crippen LogP contribution in [0.3, 0.4) is 0 Å². The van der Waals surface area contributed by atoms with Crippen molar-refractivity contribution in [3.63, 3.8) is 0 Å². The van der Waals surface area contributed by atoms with E-state index in [1.807, 2.05) is 0 Å². The number of benzene rings is 1. The molecule has 0 radical (unpaired) electrons. The van der Waals surface area contributed by atoms with E-state index in [2.05, 4.69) is 58.9 Å². The lowest BCUT2D eigenvalue weighted by molar-refractivity contribution is 0.00578. The van der Waals surface area contributed by atoms with Crippen molar-refractivity contribution in [2.24, 2.45) is 0 Å². The highest BCUT2D eigenvalue weighted by atomic mass is 16.7. The molecule has 0 atom stereocenters. The molecule has 2 nitrogen and oxygen atoms in total. The maximum absolute atomic E-state index is 6.11. The molecular formula is C15H23BO2. The lowest BCUT2D eigenvalue weighted by atomic mass is 9.75. The average molecular weight is 246 g/mol. The lowest BCUT2D eigenvalue weighted by Gasteiger charge is -2.32. The fourth-order valence-electron chi connectivity index (χ4n) is 2.23. The molecule has 98 valence electrons. The van der Waals surface area contributed by atoms with Gasteiger partial charge in [0.25, 0.3) is 0 Å². The molecule has 1 aliphatic heterocycles. The predicted octanol–water partition coefficient (Wildman–Crippen LogP) is 2.94. The van der Waals surface area contributed by atoms with Gasteiger partial charge in [0.2, 0.25) is 0 Å². The molecular weight excluding hydrogens is 223 g/mol. The molecule has 1 saturated heterocycles. The standard InChI is InChI=1S/C15H23BO2/c1-6-9-12-10-7-8-11-13(12)16-17-14(2,3)15(4,5)18-16/h7-8,10-11H,6,9H2,1-5H3. The number of hydrogen-bond acceptors (Lipinski definition) is 2. The Balaban J connectivity index is 2.29. The molecule has 0 bridgehead atoms. The molecule has 0 aliphatic carbocycles. The maximum atomic E-state index is 6.11. The second-order valence-corrected chi connectivity index (χ2v) is 6.04. The minimum absolute atomic E-state index is 0.238. The van der Waals surface area contributed by atoms with Gasteiger partial charge in [0.15, 0.2) is 0 Å². The van der Waals surface area contributed by atoms with Crippen molar-refractivity contribution >= 4 is 12.6 Å². The summed E-state index contributed by atoms with van der Waals surface area (Å²) in [6.07, 6.45) is 2.21. The number of hydrogen-bond donors (Lipinski definition) is 0. The van der Waals surface area contributed by atoms with Crippen LogP contribution in [0.4, 0.5) is 0 Å². The second-order valence-electron chi connectivity index (χ2n) is 6.04. The average Bonchev–Trinajstić information content (AvgIpc) is 2.49. The molecule has 1 heterocycles. The van der Waals surface area contributed by atoms with E-state index in [-0.39, 0.29) is 18.3 Å². The Hall–Kier alpha value is -0.795. The minimum atomic E-state index is -0.267. The zero-order valence-corrected chi connectivity index (χ0v) is 12.1. The van der Waals surface area contributed by atoms with Crippen LogP contribution in [0.5, 0.6) is 0 Å². The number of rotatable bonds is 3. The highest BCUT2D eigenvalue weighted by molar-refractivity contribution is 6.62. The van der Waals surface area contributed by atoms with Crippen LogP contribution >= 0.6 is 0 Å². The van der Waals surface area contributed by atoms with Gasteiger partial charge in [-0.15, -0.1) is 0 Å². The predicted molar refractivity (Wildman–Crippen MR) is 76.2 cm³/mol. The first-order valence-corrected chi connectivity index (χ1v) is 6.81. The van der Waals surface area contributed by atoms with E-state index >= 15 is 0 Å². The summed E-state index contributed by atoms with van der Waals surface area (Å²) in [6.45, 7) is 10.6. The zero-order valence-electron chi connectivity index (χ0n) is 12.1. The number of aryl methyl sites for hydroxylation is 1. The third-order valence-electron chi connectivity index (χ3n) is 4.08. The largest absolute Gasteiger partial charge is 0.495 e. The van der Waals surface area contributed by atoms with E-state index in [1.54, 1.807) is 0 Å². The van der Waals surface area contributed by atoms with Crippen LogP contribution in [-0.4, -0.2) is 18.3 Å². The molecule has 0 N–H and O–H groups in total. The summed E-state index contributed by atoms with van der Waals surface area (Å²) in [6, 6.07) is 8.43. The van der Waals surface area contributed by atoms with E-state index < -0.39 is 0 Å². The fourth-order valence-corrected chi connectivity index (χ4v) is 2.23. The Labute approximate surface area is 111 Å². The van der Waals surface area contributed by atoms with Crippen molar-refractivity contribution in [3.05, 3.63) is 29.8 Å². The van der Waals surface area contributed by atoms with Gasteiger partial charge in [0.05, 0.1) is 11.2 Å². The molecule has 1 fully saturated rings. The summed E-state index contributed by atoms with van der Waals surface area (Å²) in [4.78, 5) is 0. The molecule has 0 unspecified atom stereocenters. The summed E-state index contributed by atoms with van der Waals surface area (Å²) in [7, 11) is -0.238. The zero-order chi connectivity index (χ0) is 13.4. The monoisotopic (exact) mass is 246 g/mol. The molecule has 1 aromatic rings. The summed E-state index contributed by atoms with van der Waals surface area (Å²) >= 11 is 0. The maximum Gasteiger partial charge on any atom is 0.495 e. The van der Waals surface area contributed by atoms with Crippen LogP contribution in [0.2, 0.25) is 0 Å². The Morgan fingerprint density at radius 2 is 1.56 bits per heavy atom. The summed E-state index contributed by atoms with van der Waals surface area (Å²) < 4.78 is 12.2. The van der Waals surface area contributed by atoms with E-state index in [1.165, 1.54) is 11.0 Å². The topological polar surface area (TPSA) is 18.5 Å². The molecule has 2 rings (SSSR count). The van der Waals surface area contributed by atoms with Crippen molar-refractivity contribution in [1.82, 2.24) is 0 Å². The first kappa shape index (κ1) is 13.6. The Morgan fingerprint density at radius 3 is 2.11 bits per heavy atom. The van der Waals surface area contributed by atoms with Gasteiger partial charge in [-0.05, 0) is 45.1 Å². The molecule has 1 aromatic carbocycles. The smallest absolute Gasteiger partial charge is 0.399 e. The first-order chi connectivity index (χ1) is 8.37. The van der Waals surface area contributed by atoms with Crippen molar-refractivity contribution in [1.29, 1.82) is 0 Å². The summed E-state index contributed by atoms with van der Waals surface area (Å²) in [5.41, 5.74) is 1.98. The molecule has 0 spiro atoms. The van der Waals surface area contributed by atoms with E-state index in [4.69, 9.17) is 9.31 Å². The van der Waals surface area contributed by atoms with Crippen LogP contribution in [-0.2, 0) is 15.7 Å². The summed E-state index contributed by atoms with van der Waals surface area (Å²) in [5, 5.41) is 0. The van der Waals surface area contributed by atoms with Crippen molar-refractivity contribution in [3.8, 4) is 0 Å². The summed E-state index contributed by atoms with van der Waals surface area (Å²) in [5.74, 6) is 0. The van der Waals surface area contributed by atoms with Gasteiger partial charge in [-0.3, -0.25) is 0 Å².